The van der Waals surface area contributed by atoms with Crippen molar-refractivity contribution in [2.24, 2.45) is 0 Å². The smallest absolute Gasteiger partial charge is 0.321 e. The molecule has 0 saturated carbocycles. The van der Waals surface area contributed by atoms with Crippen LogP contribution in [0, 0.1) is 0 Å². The quantitative estimate of drug-likeness (QED) is 0.804. The zero-order chi connectivity index (χ0) is 9.47. The van der Waals surface area contributed by atoms with Crippen LogP contribution in [0.15, 0.2) is 40.9 Å². The molecular formula is C10H7BrO2. The van der Waals surface area contributed by atoms with Crippen LogP contribution in [-0.4, -0.2) is 11.1 Å². The first-order valence-corrected chi connectivity index (χ1v) is 4.64. The minimum absolute atomic E-state index is 0.809. The number of rotatable bonds is 2. The van der Waals surface area contributed by atoms with Crippen molar-refractivity contribution in [3.63, 3.8) is 0 Å². The highest BCUT2D eigenvalue weighted by atomic mass is 79.9. The van der Waals surface area contributed by atoms with Gasteiger partial charge in [-0.3, -0.25) is 4.79 Å². The molecule has 1 aromatic carbocycles. The molecule has 0 heterocycles. The number of benzene rings is 1. The van der Waals surface area contributed by atoms with Gasteiger partial charge >= 0.3 is 5.97 Å². The lowest BCUT2D eigenvalue weighted by atomic mass is 9.94. The summed E-state index contributed by atoms with van der Waals surface area (Å²) in [6, 6.07) is 7.33. The third-order valence-electron chi connectivity index (χ3n) is 2.18. The first-order chi connectivity index (χ1) is 6.15. The van der Waals surface area contributed by atoms with Crippen molar-refractivity contribution >= 4 is 21.9 Å². The maximum atomic E-state index is 10.9. The molecule has 13 heavy (non-hydrogen) atoms. The number of carboxylic acids is 1. The van der Waals surface area contributed by atoms with E-state index in [1.165, 1.54) is 0 Å². The molecule has 0 radical (unpaired) electrons. The fourth-order valence-corrected chi connectivity index (χ4v) is 1.53. The first-order valence-electron chi connectivity index (χ1n) is 3.85. The Kier molecular flexibility index (Phi) is 1.77. The lowest BCUT2D eigenvalue weighted by molar-refractivity contribution is -0.139. The lowest BCUT2D eigenvalue weighted by Crippen LogP contribution is -2.21. The van der Waals surface area contributed by atoms with Gasteiger partial charge in [-0.1, -0.05) is 40.2 Å². The molecule has 2 nitrogen and oxygen atoms in total. The summed E-state index contributed by atoms with van der Waals surface area (Å²) in [5.41, 5.74) is -0.0102. The monoisotopic (exact) mass is 238 g/mol. The SMILES string of the molecule is O=C(O)C1(c2ccc(Br)cc2)C=C1. The van der Waals surface area contributed by atoms with E-state index >= 15 is 0 Å². The Labute approximate surface area is 84.0 Å². The normalized spacial score (nSPS) is 17.0. The maximum absolute atomic E-state index is 10.9. The standard InChI is InChI=1S/C10H7BrO2/c11-8-3-1-7(2-4-8)10(5-6-10)9(12)13/h1-6H,(H,12,13). The van der Waals surface area contributed by atoms with E-state index in [9.17, 15) is 4.79 Å². The summed E-state index contributed by atoms with van der Waals surface area (Å²) in [4.78, 5) is 10.9. The number of carbonyl (C=O) groups is 1. The Morgan fingerprint density at radius 3 is 2.15 bits per heavy atom. The van der Waals surface area contributed by atoms with Gasteiger partial charge in [0.15, 0.2) is 0 Å². The zero-order valence-electron chi connectivity index (χ0n) is 6.70. The van der Waals surface area contributed by atoms with Crippen LogP contribution >= 0.6 is 15.9 Å². The summed E-state index contributed by atoms with van der Waals surface area (Å²) < 4.78 is 0.956. The summed E-state index contributed by atoms with van der Waals surface area (Å²) in [6.45, 7) is 0. The Balaban J connectivity index is 2.36. The van der Waals surface area contributed by atoms with Crippen molar-refractivity contribution in [1.82, 2.24) is 0 Å². The molecule has 0 fully saturated rings. The van der Waals surface area contributed by atoms with Crippen LogP contribution in [0.5, 0.6) is 0 Å². The summed E-state index contributed by atoms with van der Waals surface area (Å²) in [6.07, 6.45) is 3.39. The van der Waals surface area contributed by atoms with Gasteiger partial charge in [0, 0.05) is 4.47 Å². The van der Waals surface area contributed by atoms with E-state index in [-0.39, 0.29) is 0 Å². The second kappa shape index (κ2) is 2.70. The fraction of sp³-hybridized carbons (Fsp3) is 0.100. The van der Waals surface area contributed by atoms with Gasteiger partial charge in [0.25, 0.3) is 0 Å². The lowest BCUT2D eigenvalue weighted by Gasteiger charge is -2.10. The number of hydrogen-bond donors (Lipinski definition) is 1. The van der Waals surface area contributed by atoms with Gasteiger partial charge in [-0.25, -0.2) is 0 Å². The van der Waals surface area contributed by atoms with Gasteiger partial charge in [0.05, 0.1) is 0 Å². The molecule has 0 atom stereocenters. The van der Waals surface area contributed by atoms with Gasteiger partial charge in [-0.2, -0.15) is 0 Å². The molecular weight excluding hydrogens is 232 g/mol. The molecule has 1 aromatic rings. The van der Waals surface area contributed by atoms with Gasteiger partial charge in [-0.15, -0.1) is 0 Å². The van der Waals surface area contributed by atoms with Crippen molar-refractivity contribution < 1.29 is 9.90 Å². The summed E-state index contributed by atoms with van der Waals surface area (Å²) in [7, 11) is 0. The topological polar surface area (TPSA) is 37.3 Å². The van der Waals surface area contributed by atoms with Gasteiger partial charge in [0.2, 0.25) is 0 Å². The number of aliphatic carboxylic acids is 1. The highest BCUT2D eigenvalue weighted by Crippen LogP contribution is 2.39. The maximum Gasteiger partial charge on any atom is 0.321 e. The zero-order valence-corrected chi connectivity index (χ0v) is 8.28. The van der Waals surface area contributed by atoms with E-state index in [0.717, 1.165) is 10.0 Å². The van der Waals surface area contributed by atoms with E-state index in [1.54, 1.807) is 12.2 Å². The van der Waals surface area contributed by atoms with Crippen LogP contribution < -0.4 is 0 Å². The predicted molar refractivity (Wildman–Crippen MR) is 52.6 cm³/mol. The minimum Gasteiger partial charge on any atom is -0.480 e. The molecule has 0 aromatic heterocycles. The fourth-order valence-electron chi connectivity index (χ4n) is 1.27. The molecule has 0 saturated heterocycles. The van der Waals surface area contributed by atoms with E-state index < -0.39 is 11.4 Å². The van der Waals surface area contributed by atoms with Crippen LogP contribution in [0.1, 0.15) is 5.56 Å². The molecule has 0 bridgehead atoms. The Bertz CT molecular complexity index is 372. The Morgan fingerprint density at radius 1 is 1.23 bits per heavy atom. The third kappa shape index (κ3) is 1.29. The van der Waals surface area contributed by atoms with Crippen LogP contribution in [0.3, 0.4) is 0 Å². The predicted octanol–water partition coefficient (Wildman–Crippen LogP) is 2.34. The van der Waals surface area contributed by atoms with Crippen LogP contribution in [-0.2, 0) is 10.2 Å². The highest BCUT2D eigenvalue weighted by molar-refractivity contribution is 9.10. The largest absolute Gasteiger partial charge is 0.480 e. The van der Waals surface area contributed by atoms with Crippen LogP contribution in [0.25, 0.3) is 0 Å². The van der Waals surface area contributed by atoms with E-state index in [0.29, 0.717) is 0 Å². The third-order valence-corrected chi connectivity index (χ3v) is 2.70. The van der Waals surface area contributed by atoms with Crippen molar-refractivity contribution in [1.29, 1.82) is 0 Å². The van der Waals surface area contributed by atoms with Gasteiger partial charge in [-0.05, 0) is 17.7 Å². The molecule has 1 N–H and O–H groups in total. The summed E-state index contributed by atoms with van der Waals surface area (Å²) >= 11 is 3.30. The molecule has 1 aliphatic rings. The van der Waals surface area contributed by atoms with Crippen molar-refractivity contribution in [3.8, 4) is 0 Å². The van der Waals surface area contributed by atoms with Gasteiger partial charge < -0.3 is 5.11 Å². The average molecular weight is 239 g/mol. The van der Waals surface area contributed by atoms with E-state index in [2.05, 4.69) is 15.9 Å². The first kappa shape index (κ1) is 8.51. The molecule has 0 spiro atoms. The van der Waals surface area contributed by atoms with Crippen molar-refractivity contribution in [3.05, 3.63) is 46.5 Å². The van der Waals surface area contributed by atoms with Crippen LogP contribution in [0.2, 0.25) is 0 Å². The second-order valence-corrected chi connectivity index (χ2v) is 3.93. The number of carboxylic acid groups (broad SMARTS) is 1. The molecule has 0 unspecified atom stereocenters. The summed E-state index contributed by atoms with van der Waals surface area (Å²) in [5, 5.41) is 8.95. The highest BCUT2D eigenvalue weighted by Gasteiger charge is 2.43. The van der Waals surface area contributed by atoms with Crippen molar-refractivity contribution in [2.45, 2.75) is 5.41 Å². The molecule has 66 valence electrons. The average Bonchev–Trinajstić information content (AvgIpc) is 2.86. The van der Waals surface area contributed by atoms with Crippen LogP contribution in [0.4, 0.5) is 0 Å². The number of hydrogen-bond acceptors (Lipinski definition) is 1. The second-order valence-electron chi connectivity index (χ2n) is 3.01. The Morgan fingerprint density at radius 2 is 1.77 bits per heavy atom. The molecule has 3 heteroatoms. The Hall–Kier alpha value is -1.09. The molecule has 1 aliphatic carbocycles. The molecule has 2 rings (SSSR count). The summed E-state index contributed by atoms with van der Waals surface area (Å²) in [5.74, 6) is -0.810. The van der Waals surface area contributed by atoms with Gasteiger partial charge in [0.1, 0.15) is 5.41 Å². The minimum atomic E-state index is -0.819. The molecule has 0 aliphatic heterocycles. The van der Waals surface area contributed by atoms with Crippen molar-refractivity contribution in [2.75, 3.05) is 0 Å². The van der Waals surface area contributed by atoms with E-state index in [4.69, 9.17) is 5.11 Å². The van der Waals surface area contributed by atoms with E-state index in [1.807, 2.05) is 24.3 Å². The molecule has 0 amide bonds. The number of halogens is 1.